The van der Waals surface area contributed by atoms with E-state index >= 15 is 0 Å². The van der Waals surface area contributed by atoms with Crippen molar-refractivity contribution in [1.82, 2.24) is 15.2 Å². The van der Waals surface area contributed by atoms with Gasteiger partial charge in [0.15, 0.2) is 5.82 Å². The van der Waals surface area contributed by atoms with E-state index in [0.717, 1.165) is 6.07 Å². The molecule has 1 heterocycles. The van der Waals surface area contributed by atoms with Crippen LogP contribution in [0.15, 0.2) is 12.1 Å². The third-order valence-electron chi connectivity index (χ3n) is 1.92. The van der Waals surface area contributed by atoms with Gasteiger partial charge in [0.1, 0.15) is 17.5 Å². The summed E-state index contributed by atoms with van der Waals surface area (Å²) in [4.78, 5) is 3.93. The molecule has 0 saturated heterocycles. The van der Waals surface area contributed by atoms with Crippen molar-refractivity contribution < 1.29 is 8.78 Å². The van der Waals surface area contributed by atoms with Gasteiger partial charge in [-0.25, -0.2) is 13.8 Å². The molecule has 4 nitrogen and oxygen atoms in total. The molecule has 0 amide bonds. The predicted octanol–water partition coefficient (Wildman–Crippen LogP) is 1.64. The standard InChI is InChI=1S/C9H8F2N4/c1-4-13-9(15-14-4)5-2-8(12)7(11)3-6(5)10/h2-3H,12H2,1H3,(H,13,14,15). The molecule has 0 bridgehead atoms. The summed E-state index contributed by atoms with van der Waals surface area (Å²) in [5.41, 5.74) is 5.28. The molecule has 0 aliphatic rings. The number of hydrogen-bond acceptors (Lipinski definition) is 3. The second-order valence-electron chi connectivity index (χ2n) is 3.10. The molecule has 1 aromatic carbocycles. The van der Waals surface area contributed by atoms with Crippen LogP contribution in [-0.4, -0.2) is 15.2 Å². The van der Waals surface area contributed by atoms with Crippen LogP contribution < -0.4 is 5.73 Å². The fraction of sp³-hybridized carbons (Fsp3) is 0.111. The molecule has 1 aromatic heterocycles. The van der Waals surface area contributed by atoms with Crippen LogP contribution in [0.1, 0.15) is 5.82 Å². The summed E-state index contributed by atoms with van der Waals surface area (Å²) in [5.74, 6) is -0.812. The Morgan fingerprint density at radius 3 is 2.60 bits per heavy atom. The van der Waals surface area contributed by atoms with E-state index in [9.17, 15) is 8.78 Å². The molecule has 0 atom stereocenters. The monoisotopic (exact) mass is 210 g/mol. The highest BCUT2D eigenvalue weighted by atomic mass is 19.1. The van der Waals surface area contributed by atoms with E-state index in [1.54, 1.807) is 6.92 Å². The summed E-state index contributed by atoms with van der Waals surface area (Å²) in [6.45, 7) is 1.68. The highest BCUT2D eigenvalue weighted by Gasteiger charge is 2.13. The number of aromatic nitrogens is 3. The van der Waals surface area contributed by atoms with Crippen LogP contribution >= 0.6 is 0 Å². The van der Waals surface area contributed by atoms with Crippen LogP contribution in [-0.2, 0) is 0 Å². The first kappa shape index (κ1) is 9.57. The van der Waals surface area contributed by atoms with E-state index in [4.69, 9.17) is 5.73 Å². The van der Waals surface area contributed by atoms with Gasteiger partial charge >= 0.3 is 0 Å². The van der Waals surface area contributed by atoms with Crippen molar-refractivity contribution in [2.24, 2.45) is 0 Å². The smallest absolute Gasteiger partial charge is 0.184 e. The lowest BCUT2D eigenvalue weighted by atomic mass is 10.1. The molecular formula is C9H8F2N4. The Bertz CT molecular complexity index is 507. The van der Waals surface area contributed by atoms with Crippen LogP contribution in [0.3, 0.4) is 0 Å². The number of nitrogen functional groups attached to an aromatic ring is 1. The molecule has 78 valence electrons. The third-order valence-corrected chi connectivity index (χ3v) is 1.92. The van der Waals surface area contributed by atoms with Gasteiger partial charge in [-0.15, -0.1) is 0 Å². The van der Waals surface area contributed by atoms with Crippen LogP contribution in [0.4, 0.5) is 14.5 Å². The quantitative estimate of drug-likeness (QED) is 0.703. The second kappa shape index (κ2) is 3.30. The van der Waals surface area contributed by atoms with Gasteiger partial charge in [-0.05, 0) is 13.0 Å². The van der Waals surface area contributed by atoms with Gasteiger partial charge in [-0.3, -0.25) is 5.10 Å². The fourth-order valence-electron chi connectivity index (χ4n) is 1.20. The van der Waals surface area contributed by atoms with Crippen LogP contribution in [0.5, 0.6) is 0 Å². The van der Waals surface area contributed by atoms with E-state index in [1.165, 1.54) is 6.07 Å². The van der Waals surface area contributed by atoms with Crippen molar-refractivity contribution in [3.05, 3.63) is 29.6 Å². The number of hydrogen-bond donors (Lipinski definition) is 2. The van der Waals surface area contributed by atoms with Gasteiger partial charge in [-0.2, -0.15) is 5.10 Å². The van der Waals surface area contributed by atoms with Gasteiger partial charge in [0.05, 0.1) is 11.3 Å². The van der Waals surface area contributed by atoms with Crippen molar-refractivity contribution in [3.8, 4) is 11.4 Å². The van der Waals surface area contributed by atoms with Crippen LogP contribution in [0, 0.1) is 18.6 Å². The topological polar surface area (TPSA) is 67.6 Å². The van der Waals surface area contributed by atoms with Crippen molar-refractivity contribution in [2.45, 2.75) is 6.92 Å². The Balaban J connectivity index is 2.58. The molecular weight excluding hydrogens is 202 g/mol. The number of H-pyrrole nitrogens is 1. The number of aryl methyl sites for hydroxylation is 1. The number of nitrogens with one attached hydrogen (secondary N) is 1. The molecule has 0 aliphatic carbocycles. The Morgan fingerprint density at radius 1 is 1.27 bits per heavy atom. The molecule has 15 heavy (non-hydrogen) atoms. The summed E-state index contributed by atoms with van der Waals surface area (Å²) in [6, 6.07) is 1.89. The minimum absolute atomic E-state index is 0.0817. The van der Waals surface area contributed by atoms with Crippen LogP contribution in [0.2, 0.25) is 0 Å². The van der Waals surface area contributed by atoms with E-state index in [-0.39, 0.29) is 17.1 Å². The highest BCUT2D eigenvalue weighted by molar-refractivity contribution is 5.62. The average Bonchev–Trinajstić information content (AvgIpc) is 2.58. The van der Waals surface area contributed by atoms with Crippen LogP contribution in [0.25, 0.3) is 11.4 Å². The number of aromatic amines is 1. The molecule has 0 unspecified atom stereocenters. The molecule has 0 radical (unpaired) electrons. The van der Waals surface area contributed by atoms with Gasteiger partial charge in [-0.1, -0.05) is 0 Å². The largest absolute Gasteiger partial charge is 0.396 e. The first-order valence-corrected chi connectivity index (χ1v) is 4.22. The zero-order chi connectivity index (χ0) is 11.0. The first-order chi connectivity index (χ1) is 7.08. The molecule has 0 fully saturated rings. The number of rotatable bonds is 1. The number of halogens is 2. The average molecular weight is 210 g/mol. The maximum absolute atomic E-state index is 13.3. The third kappa shape index (κ3) is 1.65. The Morgan fingerprint density at radius 2 is 2.00 bits per heavy atom. The molecule has 0 spiro atoms. The Kier molecular flexibility index (Phi) is 2.11. The summed E-state index contributed by atoms with van der Waals surface area (Å²) in [6.07, 6.45) is 0. The maximum Gasteiger partial charge on any atom is 0.184 e. The normalized spacial score (nSPS) is 10.6. The Labute approximate surface area is 84.1 Å². The van der Waals surface area contributed by atoms with Gasteiger partial charge in [0.2, 0.25) is 0 Å². The van der Waals surface area contributed by atoms with E-state index in [0.29, 0.717) is 5.82 Å². The van der Waals surface area contributed by atoms with Crippen molar-refractivity contribution in [1.29, 1.82) is 0 Å². The number of nitrogens with two attached hydrogens (primary N) is 1. The summed E-state index contributed by atoms with van der Waals surface area (Å²) < 4.78 is 26.2. The molecule has 0 aliphatic heterocycles. The second-order valence-corrected chi connectivity index (χ2v) is 3.10. The lowest BCUT2D eigenvalue weighted by Gasteiger charge is -2.01. The maximum atomic E-state index is 13.3. The zero-order valence-electron chi connectivity index (χ0n) is 7.88. The zero-order valence-corrected chi connectivity index (χ0v) is 7.88. The number of anilines is 1. The molecule has 0 saturated carbocycles. The van der Waals surface area contributed by atoms with Crippen molar-refractivity contribution in [2.75, 3.05) is 5.73 Å². The molecule has 2 aromatic rings. The summed E-state index contributed by atoms with van der Waals surface area (Å²) in [5, 5.41) is 6.33. The first-order valence-electron chi connectivity index (χ1n) is 4.22. The van der Waals surface area contributed by atoms with E-state index in [1.807, 2.05) is 0 Å². The lowest BCUT2D eigenvalue weighted by Crippen LogP contribution is -1.95. The Hall–Kier alpha value is -1.98. The van der Waals surface area contributed by atoms with E-state index in [2.05, 4.69) is 15.2 Å². The van der Waals surface area contributed by atoms with Crippen molar-refractivity contribution in [3.63, 3.8) is 0 Å². The minimum Gasteiger partial charge on any atom is -0.396 e. The van der Waals surface area contributed by atoms with Crippen molar-refractivity contribution >= 4 is 5.69 Å². The summed E-state index contributed by atoms with van der Waals surface area (Å²) in [7, 11) is 0. The van der Waals surface area contributed by atoms with E-state index < -0.39 is 11.6 Å². The van der Waals surface area contributed by atoms with Gasteiger partial charge < -0.3 is 5.73 Å². The predicted molar refractivity (Wildman–Crippen MR) is 50.9 cm³/mol. The highest BCUT2D eigenvalue weighted by Crippen LogP contribution is 2.23. The molecule has 6 heteroatoms. The number of benzene rings is 1. The molecule has 2 rings (SSSR count). The fourth-order valence-corrected chi connectivity index (χ4v) is 1.20. The SMILES string of the molecule is Cc1nc(-c2cc(N)c(F)cc2F)n[nH]1. The minimum atomic E-state index is -0.788. The molecule has 3 N–H and O–H groups in total. The van der Waals surface area contributed by atoms with Gasteiger partial charge in [0, 0.05) is 6.07 Å². The lowest BCUT2D eigenvalue weighted by molar-refractivity contribution is 0.588. The number of nitrogens with zero attached hydrogens (tertiary/aromatic N) is 2. The summed E-state index contributed by atoms with van der Waals surface area (Å²) >= 11 is 0. The van der Waals surface area contributed by atoms with Gasteiger partial charge in [0.25, 0.3) is 0 Å².